The summed E-state index contributed by atoms with van der Waals surface area (Å²) in [7, 11) is 0. The van der Waals surface area contributed by atoms with Gasteiger partial charge >= 0.3 is 0 Å². The second-order valence-corrected chi connectivity index (χ2v) is 0. The Bertz CT molecular complexity index is 9.61. The van der Waals surface area contributed by atoms with Gasteiger partial charge in [-0.2, -0.15) is 0 Å². The minimum Gasteiger partial charge on any atom is -0.545 e. The molecule has 0 aliphatic rings. The molecule has 5 heavy (non-hydrogen) atoms. The van der Waals surface area contributed by atoms with E-state index in [4.69, 9.17) is 4.79 Å². The Labute approximate surface area is 55.4 Å². The van der Waals surface area contributed by atoms with Crippen molar-refractivity contribution >= 4 is 6.79 Å². The molecule has 0 heterocycles. The monoisotopic (exact) mass is 201 g/mol. The molecule has 0 saturated carbocycles. The van der Waals surface area contributed by atoms with Gasteiger partial charge in [0.1, 0.15) is 0 Å². The van der Waals surface area contributed by atoms with Gasteiger partial charge in [-0.25, -0.2) is 0 Å². The summed E-state index contributed by atoms with van der Waals surface area (Å²) in [4.78, 5) is 7.75. The first-order chi connectivity index (χ1) is 1.00. The first-order valence-electron chi connectivity index (χ1n) is 0.236. The Balaban J connectivity index is -0.00000000167. The Morgan fingerprint density at radius 3 is 1.20 bits per heavy atom. The van der Waals surface area contributed by atoms with Crippen molar-refractivity contribution in [2.75, 3.05) is 0 Å². The zero-order valence-corrected chi connectivity index (χ0v) is 5.36. The standard InChI is InChI=1S/CHO.Fe.Mo.H2O/c1-2;;;/h1H;;;1H2/q-1;;;. The van der Waals surface area contributed by atoms with Gasteiger partial charge in [0, 0.05) is 38.1 Å². The summed E-state index contributed by atoms with van der Waals surface area (Å²) in [6.07, 6.45) is 0. The second-order valence-electron chi connectivity index (χ2n) is 0. The summed E-state index contributed by atoms with van der Waals surface area (Å²) in [5.41, 5.74) is 0. The average molecular weight is 199 g/mol. The van der Waals surface area contributed by atoms with Gasteiger partial charge in [0.25, 0.3) is 0 Å². The van der Waals surface area contributed by atoms with E-state index in [-0.39, 0.29) is 43.6 Å². The second kappa shape index (κ2) is 102. The molecule has 2 nitrogen and oxygen atoms in total. The van der Waals surface area contributed by atoms with E-state index >= 15 is 0 Å². The van der Waals surface area contributed by atoms with Crippen LogP contribution in [0.2, 0.25) is 0 Å². The maximum atomic E-state index is 7.75. The summed E-state index contributed by atoms with van der Waals surface area (Å²) in [6, 6.07) is 0. The Morgan fingerprint density at radius 1 is 1.20 bits per heavy atom. The Morgan fingerprint density at radius 2 is 1.20 bits per heavy atom. The van der Waals surface area contributed by atoms with Crippen molar-refractivity contribution in [3.8, 4) is 0 Å². The summed E-state index contributed by atoms with van der Waals surface area (Å²) < 4.78 is 0. The van der Waals surface area contributed by atoms with Gasteiger partial charge in [-0.15, -0.1) is 0 Å². The molecule has 0 aromatic heterocycles. The van der Waals surface area contributed by atoms with Crippen LogP contribution in [-0.2, 0) is 42.9 Å². The summed E-state index contributed by atoms with van der Waals surface area (Å²) in [5.74, 6) is 0. The first-order valence-corrected chi connectivity index (χ1v) is 0.236. The van der Waals surface area contributed by atoms with E-state index < -0.39 is 0 Å². The molecular weight excluding hydrogens is 196 g/mol. The molecular formula is CH3FeMoO2-. The van der Waals surface area contributed by atoms with Gasteiger partial charge in [0.2, 0.25) is 0 Å². The van der Waals surface area contributed by atoms with Gasteiger partial charge in [0.15, 0.2) is 0 Å². The van der Waals surface area contributed by atoms with Crippen LogP contribution >= 0.6 is 0 Å². The van der Waals surface area contributed by atoms with Crippen LogP contribution in [-0.4, -0.2) is 12.3 Å². The van der Waals surface area contributed by atoms with Crippen LogP contribution in [0.3, 0.4) is 0 Å². The molecule has 0 fully saturated rings. The first kappa shape index (κ1) is 40.5. The zero-order valence-electron chi connectivity index (χ0n) is 2.25. The fourth-order valence-corrected chi connectivity index (χ4v) is 0. The third-order valence-electron chi connectivity index (χ3n) is 0. The van der Waals surface area contributed by atoms with E-state index in [1.165, 1.54) is 0 Å². The van der Waals surface area contributed by atoms with Gasteiger partial charge in [0.05, 0.1) is 0 Å². The maximum Gasteiger partial charge on any atom is 0 e. The van der Waals surface area contributed by atoms with Crippen molar-refractivity contribution in [1.29, 1.82) is 0 Å². The average Bonchev–Trinajstić information content (AvgIpc) is 1.00. The fraction of sp³-hybridized carbons (Fsp3) is 0. The van der Waals surface area contributed by atoms with Crippen molar-refractivity contribution in [2.45, 2.75) is 0 Å². The molecule has 0 radical (unpaired) electrons. The fourth-order valence-electron chi connectivity index (χ4n) is 0. The minimum atomic E-state index is 0. The molecule has 0 spiro atoms. The van der Waals surface area contributed by atoms with Crippen LogP contribution in [0.1, 0.15) is 0 Å². The van der Waals surface area contributed by atoms with Crippen molar-refractivity contribution in [2.24, 2.45) is 0 Å². The number of carbonyl (C=O) groups excluding carboxylic acids is 1. The van der Waals surface area contributed by atoms with Crippen LogP contribution in [0.15, 0.2) is 0 Å². The van der Waals surface area contributed by atoms with E-state index in [9.17, 15) is 0 Å². The molecule has 34 valence electrons. The molecule has 0 saturated heterocycles. The predicted molar refractivity (Wildman–Crippen MR) is 10.4 cm³/mol. The Hall–Kier alpha value is 0.838. The van der Waals surface area contributed by atoms with Gasteiger partial charge in [-0.05, 0) is 0 Å². The maximum absolute atomic E-state index is 7.75. The van der Waals surface area contributed by atoms with Crippen LogP contribution < -0.4 is 0 Å². The van der Waals surface area contributed by atoms with E-state index in [2.05, 4.69) is 6.79 Å². The van der Waals surface area contributed by atoms with Crippen molar-refractivity contribution in [3.63, 3.8) is 0 Å². The molecule has 0 bridgehead atoms. The summed E-state index contributed by atoms with van der Waals surface area (Å²) in [6.45, 7) is 3.25. The van der Waals surface area contributed by atoms with Crippen LogP contribution in [0.4, 0.5) is 0 Å². The summed E-state index contributed by atoms with van der Waals surface area (Å²) >= 11 is 0. The molecule has 0 amide bonds. The van der Waals surface area contributed by atoms with Crippen LogP contribution in [0.5, 0.6) is 0 Å². The number of hydrogen-bond acceptors (Lipinski definition) is 1. The SMILES string of the molecule is O.[CH-]=O.[Fe].[Mo]. The zero-order chi connectivity index (χ0) is 2.00. The smallest absolute Gasteiger partial charge is 0 e. The van der Waals surface area contributed by atoms with Gasteiger partial charge < -0.3 is 10.3 Å². The molecule has 0 unspecified atom stereocenters. The molecule has 4 heteroatoms. The van der Waals surface area contributed by atoms with E-state index in [1.54, 1.807) is 0 Å². The largest absolute Gasteiger partial charge is 0.545 e. The van der Waals surface area contributed by atoms with Gasteiger partial charge in [-0.1, -0.05) is 0 Å². The van der Waals surface area contributed by atoms with E-state index in [1.807, 2.05) is 0 Å². The van der Waals surface area contributed by atoms with Crippen molar-refractivity contribution in [3.05, 3.63) is 0 Å². The molecule has 2 N–H and O–H groups in total. The summed E-state index contributed by atoms with van der Waals surface area (Å²) in [5, 5.41) is 0. The minimum absolute atomic E-state index is 0. The van der Waals surface area contributed by atoms with Crippen LogP contribution in [0.25, 0.3) is 0 Å². The Kier molecular flexibility index (Phi) is 821. The third kappa shape index (κ3) is 55.5. The normalized spacial score (nSPS) is 0.800. The molecule has 0 rings (SSSR count). The van der Waals surface area contributed by atoms with Crippen molar-refractivity contribution in [1.82, 2.24) is 0 Å². The quantitative estimate of drug-likeness (QED) is 0.277. The van der Waals surface area contributed by atoms with E-state index in [0.717, 1.165) is 0 Å². The number of hydrogen-bond donors (Lipinski definition) is 0. The van der Waals surface area contributed by atoms with Crippen molar-refractivity contribution < 1.29 is 48.4 Å². The van der Waals surface area contributed by atoms with Crippen LogP contribution in [0, 0.1) is 0 Å². The molecule has 0 aliphatic carbocycles. The predicted octanol–water partition coefficient (Wildman–Crippen LogP) is -1.10. The molecule has 0 aromatic carbocycles. The van der Waals surface area contributed by atoms with E-state index in [0.29, 0.717) is 0 Å². The molecule has 0 atom stereocenters. The van der Waals surface area contributed by atoms with Gasteiger partial charge in [-0.3, -0.25) is 6.79 Å². The molecule has 0 aliphatic heterocycles. The topological polar surface area (TPSA) is 48.6 Å². The molecule has 0 aromatic rings. The third-order valence-corrected chi connectivity index (χ3v) is 0. The number of rotatable bonds is 0.